The Morgan fingerprint density at radius 3 is 2.50 bits per heavy atom. The topological polar surface area (TPSA) is 84.7 Å². The van der Waals surface area contributed by atoms with Crippen molar-refractivity contribution in [1.29, 1.82) is 0 Å². The van der Waals surface area contributed by atoms with E-state index in [1.165, 1.54) is 0 Å². The van der Waals surface area contributed by atoms with E-state index >= 15 is 0 Å². The molecule has 0 saturated carbocycles. The predicted octanol–water partition coefficient (Wildman–Crippen LogP) is 0.553. The van der Waals surface area contributed by atoms with Gasteiger partial charge in [-0.05, 0) is 25.0 Å². The summed E-state index contributed by atoms with van der Waals surface area (Å²) in [6.45, 7) is 1.24. The van der Waals surface area contributed by atoms with Gasteiger partial charge >= 0.3 is 0 Å². The summed E-state index contributed by atoms with van der Waals surface area (Å²) in [5, 5.41) is 2.57. The summed E-state index contributed by atoms with van der Waals surface area (Å²) >= 11 is 0. The van der Waals surface area contributed by atoms with E-state index in [1.807, 2.05) is 18.2 Å². The van der Waals surface area contributed by atoms with E-state index in [4.69, 9.17) is 10.5 Å². The molecule has 7 heteroatoms. The van der Waals surface area contributed by atoms with Gasteiger partial charge in [0.25, 0.3) is 5.91 Å². The molecule has 0 aliphatic carbocycles. The lowest BCUT2D eigenvalue weighted by molar-refractivity contribution is -0.134. The quantitative estimate of drug-likeness (QED) is 0.827. The third-order valence-corrected chi connectivity index (χ3v) is 3.44. The number of hydrogen-bond acceptors (Lipinski definition) is 4. The Morgan fingerprint density at radius 2 is 1.86 bits per heavy atom. The van der Waals surface area contributed by atoms with Crippen molar-refractivity contribution in [2.75, 3.05) is 26.2 Å². The van der Waals surface area contributed by atoms with Gasteiger partial charge in [0.15, 0.2) is 6.61 Å². The number of nitrogens with zero attached hydrogens (tertiary/aromatic N) is 1. The van der Waals surface area contributed by atoms with Crippen LogP contribution in [0.4, 0.5) is 0 Å². The molecule has 0 aromatic heterocycles. The third-order valence-electron chi connectivity index (χ3n) is 3.44. The van der Waals surface area contributed by atoms with Crippen LogP contribution in [0.1, 0.15) is 12.8 Å². The van der Waals surface area contributed by atoms with Gasteiger partial charge in [-0.15, -0.1) is 12.4 Å². The van der Waals surface area contributed by atoms with E-state index in [1.54, 1.807) is 17.0 Å². The molecule has 1 aliphatic heterocycles. The lowest BCUT2D eigenvalue weighted by Crippen LogP contribution is -2.47. The first-order chi connectivity index (χ1) is 10.1. The number of rotatable bonds is 5. The maximum Gasteiger partial charge on any atom is 0.258 e. The first-order valence-corrected chi connectivity index (χ1v) is 7.13. The van der Waals surface area contributed by atoms with Gasteiger partial charge in [0.05, 0.1) is 6.54 Å². The molecule has 2 rings (SSSR count). The summed E-state index contributed by atoms with van der Waals surface area (Å²) in [5.41, 5.74) is 5.79. The first-order valence-electron chi connectivity index (χ1n) is 7.13. The minimum atomic E-state index is -0.305. The van der Waals surface area contributed by atoms with E-state index < -0.39 is 0 Å². The van der Waals surface area contributed by atoms with Gasteiger partial charge < -0.3 is 20.7 Å². The van der Waals surface area contributed by atoms with Crippen molar-refractivity contribution < 1.29 is 14.3 Å². The zero-order chi connectivity index (χ0) is 15.1. The van der Waals surface area contributed by atoms with Crippen molar-refractivity contribution in [1.82, 2.24) is 10.2 Å². The van der Waals surface area contributed by atoms with E-state index in [0.29, 0.717) is 18.8 Å². The number of nitrogens with two attached hydrogens (primary N) is 1. The number of halogens is 1. The highest BCUT2D eigenvalue weighted by Crippen LogP contribution is 2.08. The van der Waals surface area contributed by atoms with Gasteiger partial charge in [0.1, 0.15) is 5.75 Å². The molecule has 6 nitrogen and oxygen atoms in total. The Labute approximate surface area is 136 Å². The van der Waals surface area contributed by atoms with E-state index in [-0.39, 0.29) is 43.4 Å². The smallest absolute Gasteiger partial charge is 0.258 e. The maximum absolute atomic E-state index is 11.9. The van der Waals surface area contributed by atoms with E-state index in [2.05, 4.69) is 5.32 Å². The van der Waals surface area contributed by atoms with Crippen molar-refractivity contribution in [3.8, 4) is 5.75 Å². The van der Waals surface area contributed by atoms with Gasteiger partial charge in [-0.2, -0.15) is 0 Å². The summed E-state index contributed by atoms with van der Waals surface area (Å²) in [4.78, 5) is 25.3. The van der Waals surface area contributed by atoms with Crippen molar-refractivity contribution >= 4 is 24.2 Å². The fourth-order valence-corrected chi connectivity index (χ4v) is 2.15. The van der Waals surface area contributed by atoms with Crippen LogP contribution in [0.2, 0.25) is 0 Å². The number of piperidine rings is 1. The van der Waals surface area contributed by atoms with Gasteiger partial charge in [0, 0.05) is 19.1 Å². The van der Waals surface area contributed by atoms with Crippen molar-refractivity contribution in [2.24, 2.45) is 5.73 Å². The Morgan fingerprint density at radius 1 is 1.23 bits per heavy atom. The van der Waals surface area contributed by atoms with Gasteiger partial charge in [0.2, 0.25) is 5.91 Å². The molecule has 22 heavy (non-hydrogen) atoms. The lowest BCUT2D eigenvalue weighted by atomic mass is 10.1. The Hall–Kier alpha value is -1.79. The molecule has 0 spiro atoms. The van der Waals surface area contributed by atoms with Crippen LogP contribution in [0.25, 0.3) is 0 Å². The molecule has 0 atom stereocenters. The Bertz CT molecular complexity index is 476. The maximum atomic E-state index is 11.9. The van der Waals surface area contributed by atoms with Crippen molar-refractivity contribution in [3.05, 3.63) is 30.3 Å². The summed E-state index contributed by atoms with van der Waals surface area (Å²) < 4.78 is 5.31. The molecule has 1 aliphatic rings. The molecule has 1 saturated heterocycles. The second-order valence-electron chi connectivity index (χ2n) is 5.10. The average molecular weight is 328 g/mol. The molecule has 1 fully saturated rings. The second-order valence-corrected chi connectivity index (χ2v) is 5.10. The van der Waals surface area contributed by atoms with Crippen LogP contribution < -0.4 is 15.8 Å². The van der Waals surface area contributed by atoms with Gasteiger partial charge in [-0.3, -0.25) is 9.59 Å². The fraction of sp³-hybridized carbons (Fsp3) is 0.467. The van der Waals surface area contributed by atoms with Crippen molar-refractivity contribution in [3.63, 3.8) is 0 Å². The number of nitrogens with one attached hydrogen (secondary N) is 1. The van der Waals surface area contributed by atoms with Crippen LogP contribution in [-0.2, 0) is 9.59 Å². The van der Waals surface area contributed by atoms with Crippen LogP contribution in [0.5, 0.6) is 5.75 Å². The number of amides is 2. The number of likely N-dealkylation sites (tertiary alicyclic amines) is 1. The molecule has 1 aromatic rings. The fourth-order valence-electron chi connectivity index (χ4n) is 2.15. The largest absolute Gasteiger partial charge is 0.484 e. The molecular formula is C15H22ClN3O3. The number of ether oxygens (including phenoxy) is 1. The minimum absolute atomic E-state index is 0. The molecule has 0 bridgehead atoms. The first kappa shape index (κ1) is 18.3. The third kappa shape index (κ3) is 5.91. The molecule has 3 N–H and O–H groups in total. The molecule has 122 valence electrons. The Balaban J connectivity index is 0.00000242. The monoisotopic (exact) mass is 327 g/mol. The van der Waals surface area contributed by atoms with E-state index in [9.17, 15) is 9.59 Å². The van der Waals surface area contributed by atoms with Crippen LogP contribution in [-0.4, -0.2) is 49.0 Å². The average Bonchev–Trinajstić information content (AvgIpc) is 2.52. The number of carbonyl (C=O) groups is 2. The SMILES string of the molecule is Cl.NC1CCN(C(=O)CNC(=O)COc2ccccc2)CC1. The minimum Gasteiger partial charge on any atom is -0.484 e. The number of benzene rings is 1. The zero-order valence-corrected chi connectivity index (χ0v) is 13.2. The van der Waals surface area contributed by atoms with E-state index in [0.717, 1.165) is 12.8 Å². The molecule has 1 aromatic carbocycles. The zero-order valence-electron chi connectivity index (χ0n) is 12.4. The summed E-state index contributed by atoms with van der Waals surface area (Å²) in [7, 11) is 0. The molecule has 1 heterocycles. The van der Waals surface area contributed by atoms with Crippen LogP contribution in [0, 0.1) is 0 Å². The summed E-state index contributed by atoms with van der Waals surface area (Å²) in [6, 6.07) is 9.26. The van der Waals surface area contributed by atoms with Crippen LogP contribution >= 0.6 is 12.4 Å². The highest BCUT2D eigenvalue weighted by atomic mass is 35.5. The normalized spacial score (nSPS) is 14.9. The molecular weight excluding hydrogens is 306 g/mol. The number of para-hydroxylation sites is 1. The number of carbonyl (C=O) groups excluding carboxylic acids is 2. The molecule has 0 unspecified atom stereocenters. The Kier molecular flexibility index (Phi) is 7.70. The predicted molar refractivity (Wildman–Crippen MR) is 86.0 cm³/mol. The number of hydrogen-bond donors (Lipinski definition) is 2. The highest BCUT2D eigenvalue weighted by Gasteiger charge is 2.20. The molecule has 2 amide bonds. The molecule has 0 radical (unpaired) electrons. The highest BCUT2D eigenvalue weighted by molar-refractivity contribution is 5.85. The standard InChI is InChI=1S/C15H21N3O3.ClH/c16-12-6-8-18(9-7-12)15(20)10-17-14(19)11-21-13-4-2-1-3-5-13;/h1-5,12H,6-11,16H2,(H,17,19);1H. The van der Waals surface area contributed by atoms with Gasteiger partial charge in [-0.25, -0.2) is 0 Å². The lowest BCUT2D eigenvalue weighted by Gasteiger charge is -2.30. The van der Waals surface area contributed by atoms with Crippen molar-refractivity contribution in [2.45, 2.75) is 18.9 Å². The van der Waals surface area contributed by atoms with Crippen LogP contribution in [0.3, 0.4) is 0 Å². The summed E-state index contributed by atoms with van der Waals surface area (Å²) in [6.07, 6.45) is 1.63. The van der Waals surface area contributed by atoms with Gasteiger partial charge in [-0.1, -0.05) is 18.2 Å². The second kappa shape index (κ2) is 9.27. The van der Waals surface area contributed by atoms with Crippen LogP contribution in [0.15, 0.2) is 30.3 Å². The summed E-state index contributed by atoms with van der Waals surface area (Å²) in [5.74, 6) is 0.250.